The Morgan fingerprint density at radius 1 is 1.20 bits per heavy atom. The molecule has 1 aromatic heterocycles. The standard InChI is InChI=1S/C21H25N3O4S2/c1-5-6-13-23(2)30(26,27)17-10-7-15(8-11-17)20(25)22-21-24(3)18-12-9-16(28-4)14-19(18)29-21/h7-12,14H,5-6,13H2,1-4H3. The third-order valence-corrected chi connectivity index (χ3v) is 7.82. The lowest BCUT2D eigenvalue weighted by Crippen LogP contribution is -2.27. The van der Waals surface area contributed by atoms with Crippen molar-refractivity contribution in [1.82, 2.24) is 8.87 Å². The zero-order chi connectivity index (χ0) is 21.9. The number of aryl methyl sites for hydroxylation is 1. The Hall–Kier alpha value is -2.49. The Morgan fingerprint density at radius 2 is 1.90 bits per heavy atom. The molecule has 0 unspecified atom stereocenters. The molecule has 1 amide bonds. The van der Waals surface area contributed by atoms with Crippen molar-refractivity contribution < 1.29 is 17.9 Å². The van der Waals surface area contributed by atoms with Crippen LogP contribution in [0.3, 0.4) is 0 Å². The molecule has 3 rings (SSSR count). The predicted molar refractivity (Wildman–Crippen MR) is 118 cm³/mol. The van der Waals surface area contributed by atoms with Gasteiger partial charge in [0, 0.05) is 26.2 Å². The zero-order valence-corrected chi connectivity index (χ0v) is 19.1. The first-order valence-electron chi connectivity index (χ1n) is 9.57. The Balaban J connectivity index is 1.88. The number of nitrogens with zero attached hydrogens (tertiary/aromatic N) is 3. The maximum absolute atomic E-state index is 12.6. The van der Waals surface area contributed by atoms with Crippen molar-refractivity contribution in [2.75, 3.05) is 20.7 Å². The number of thiazole rings is 1. The summed E-state index contributed by atoms with van der Waals surface area (Å²) in [4.78, 5) is 17.6. The minimum atomic E-state index is -3.57. The van der Waals surface area contributed by atoms with Gasteiger partial charge in [0.05, 0.1) is 22.2 Å². The predicted octanol–water partition coefficient (Wildman–Crippen LogP) is 3.41. The maximum Gasteiger partial charge on any atom is 0.279 e. The summed E-state index contributed by atoms with van der Waals surface area (Å²) in [6.07, 6.45) is 1.71. The Kier molecular flexibility index (Phi) is 6.74. The molecule has 3 aromatic rings. The van der Waals surface area contributed by atoms with Crippen LogP contribution in [0.5, 0.6) is 5.75 Å². The first kappa shape index (κ1) is 22.2. The van der Waals surface area contributed by atoms with E-state index in [0.29, 0.717) is 16.9 Å². The van der Waals surface area contributed by atoms with E-state index in [4.69, 9.17) is 4.74 Å². The minimum Gasteiger partial charge on any atom is -0.497 e. The van der Waals surface area contributed by atoms with Crippen molar-refractivity contribution in [3.8, 4) is 5.75 Å². The summed E-state index contributed by atoms with van der Waals surface area (Å²) in [6.45, 7) is 2.47. The van der Waals surface area contributed by atoms with E-state index in [1.54, 1.807) is 14.2 Å². The quantitative estimate of drug-likeness (QED) is 0.556. The number of aromatic nitrogens is 1. The van der Waals surface area contributed by atoms with Crippen LogP contribution < -0.4 is 9.54 Å². The second-order valence-corrected chi connectivity index (χ2v) is 9.95. The molecule has 9 heteroatoms. The van der Waals surface area contributed by atoms with Crippen molar-refractivity contribution in [3.05, 3.63) is 52.8 Å². The number of carbonyl (C=O) groups excluding carboxylic acids is 1. The summed E-state index contributed by atoms with van der Waals surface area (Å²) >= 11 is 1.39. The van der Waals surface area contributed by atoms with E-state index in [2.05, 4.69) is 4.99 Å². The average molecular weight is 448 g/mol. The van der Waals surface area contributed by atoms with Crippen LogP contribution in [0.2, 0.25) is 0 Å². The van der Waals surface area contributed by atoms with Crippen molar-refractivity contribution >= 4 is 37.5 Å². The second-order valence-electron chi connectivity index (χ2n) is 6.90. The van der Waals surface area contributed by atoms with Crippen molar-refractivity contribution in [3.63, 3.8) is 0 Å². The monoisotopic (exact) mass is 447 g/mol. The van der Waals surface area contributed by atoms with Gasteiger partial charge in [-0.05, 0) is 48.9 Å². The highest BCUT2D eigenvalue weighted by Crippen LogP contribution is 2.22. The molecule has 0 atom stereocenters. The number of sulfonamides is 1. The van der Waals surface area contributed by atoms with Gasteiger partial charge >= 0.3 is 0 Å². The molecule has 0 aliphatic heterocycles. The molecule has 0 N–H and O–H groups in total. The van der Waals surface area contributed by atoms with Gasteiger partial charge in [0.25, 0.3) is 5.91 Å². The highest BCUT2D eigenvalue weighted by atomic mass is 32.2. The third kappa shape index (κ3) is 4.48. The van der Waals surface area contributed by atoms with Crippen LogP contribution in [0.15, 0.2) is 52.4 Å². The van der Waals surface area contributed by atoms with Gasteiger partial charge < -0.3 is 9.30 Å². The van der Waals surface area contributed by atoms with Gasteiger partial charge in [-0.25, -0.2) is 12.7 Å². The highest BCUT2D eigenvalue weighted by molar-refractivity contribution is 7.89. The number of methoxy groups -OCH3 is 1. The maximum atomic E-state index is 12.6. The van der Waals surface area contributed by atoms with Crippen LogP contribution in [0.25, 0.3) is 10.2 Å². The van der Waals surface area contributed by atoms with E-state index < -0.39 is 15.9 Å². The molecule has 7 nitrogen and oxygen atoms in total. The van der Waals surface area contributed by atoms with Crippen molar-refractivity contribution in [2.24, 2.45) is 12.0 Å². The van der Waals surface area contributed by atoms with Gasteiger partial charge in [-0.1, -0.05) is 24.7 Å². The lowest BCUT2D eigenvalue weighted by molar-refractivity contribution is 0.0998. The molecule has 0 aliphatic rings. The van der Waals surface area contributed by atoms with E-state index in [1.807, 2.05) is 36.7 Å². The molecule has 1 heterocycles. The van der Waals surface area contributed by atoms with Crippen LogP contribution in [0.4, 0.5) is 0 Å². The van der Waals surface area contributed by atoms with E-state index >= 15 is 0 Å². The number of hydrogen-bond acceptors (Lipinski definition) is 5. The molecule has 0 bridgehead atoms. The molecule has 2 aromatic carbocycles. The lowest BCUT2D eigenvalue weighted by atomic mass is 10.2. The summed E-state index contributed by atoms with van der Waals surface area (Å²) in [5.74, 6) is 0.315. The van der Waals surface area contributed by atoms with Crippen LogP contribution in [0.1, 0.15) is 30.1 Å². The number of hydrogen-bond donors (Lipinski definition) is 0. The molecule has 0 aliphatic carbocycles. The van der Waals surface area contributed by atoms with E-state index in [0.717, 1.165) is 28.8 Å². The molecule has 0 fully saturated rings. The summed E-state index contributed by atoms with van der Waals surface area (Å²) < 4.78 is 34.6. The summed E-state index contributed by atoms with van der Waals surface area (Å²) in [7, 11) is 1.45. The molecule has 0 saturated heterocycles. The molecule has 0 radical (unpaired) electrons. The number of amides is 1. The molecular formula is C21H25N3O4S2. The smallest absolute Gasteiger partial charge is 0.279 e. The second kappa shape index (κ2) is 9.11. The highest BCUT2D eigenvalue weighted by Gasteiger charge is 2.20. The van der Waals surface area contributed by atoms with Crippen molar-refractivity contribution in [1.29, 1.82) is 0 Å². The minimum absolute atomic E-state index is 0.164. The number of ether oxygens (including phenoxy) is 1. The number of fused-ring (bicyclic) bond motifs is 1. The molecule has 0 spiro atoms. The fourth-order valence-electron chi connectivity index (χ4n) is 2.95. The molecular weight excluding hydrogens is 422 g/mol. The normalized spacial score (nSPS) is 12.6. The zero-order valence-electron chi connectivity index (χ0n) is 17.5. The summed E-state index contributed by atoms with van der Waals surface area (Å²) in [5, 5.41) is 0. The van der Waals surface area contributed by atoms with E-state index in [-0.39, 0.29) is 4.90 Å². The van der Waals surface area contributed by atoms with Crippen molar-refractivity contribution in [2.45, 2.75) is 24.7 Å². The van der Waals surface area contributed by atoms with Gasteiger partial charge in [-0.15, -0.1) is 0 Å². The van der Waals surface area contributed by atoms with Crippen LogP contribution in [0, 0.1) is 0 Å². The first-order valence-corrected chi connectivity index (χ1v) is 11.8. The number of benzene rings is 2. The van der Waals surface area contributed by atoms with Gasteiger partial charge in [-0.2, -0.15) is 4.99 Å². The lowest BCUT2D eigenvalue weighted by Gasteiger charge is -2.16. The average Bonchev–Trinajstić information content (AvgIpc) is 3.06. The summed E-state index contributed by atoms with van der Waals surface area (Å²) in [5.41, 5.74) is 1.28. The van der Waals surface area contributed by atoms with Gasteiger partial charge in [-0.3, -0.25) is 4.79 Å². The van der Waals surface area contributed by atoms with Crippen LogP contribution in [-0.2, 0) is 17.1 Å². The summed E-state index contributed by atoms with van der Waals surface area (Å²) in [6, 6.07) is 11.6. The Labute approximate surface area is 180 Å². The molecule has 0 saturated carbocycles. The van der Waals surface area contributed by atoms with Crippen LogP contribution >= 0.6 is 11.3 Å². The van der Waals surface area contributed by atoms with Gasteiger partial charge in [0.2, 0.25) is 10.0 Å². The van der Waals surface area contributed by atoms with E-state index in [9.17, 15) is 13.2 Å². The number of unbranched alkanes of at least 4 members (excludes halogenated alkanes) is 1. The first-order chi connectivity index (χ1) is 14.3. The SMILES string of the molecule is CCCCN(C)S(=O)(=O)c1ccc(C(=O)N=c2sc3cc(OC)ccc3n2C)cc1. The largest absolute Gasteiger partial charge is 0.497 e. The van der Waals surface area contributed by atoms with Gasteiger partial charge in [0.15, 0.2) is 4.80 Å². The third-order valence-electron chi connectivity index (χ3n) is 4.85. The fraction of sp³-hybridized carbons (Fsp3) is 0.333. The number of rotatable bonds is 7. The van der Waals surface area contributed by atoms with E-state index in [1.165, 1.54) is 39.9 Å². The van der Waals surface area contributed by atoms with Gasteiger partial charge in [0.1, 0.15) is 5.75 Å². The van der Waals surface area contributed by atoms with Crippen LogP contribution in [-0.4, -0.2) is 43.9 Å². The molecule has 30 heavy (non-hydrogen) atoms. The fourth-order valence-corrected chi connectivity index (χ4v) is 5.20. The Bertz CT molecular complexity index is 1230. The number of carbonyl (C=O) groups is 1. The topological polar surface area (TPSA) is 81.0 Å². The Morgan fingerprint density at radius 3 is 2.53 bits per heavy atom. The molecule has 160 valence electrons.